The Morgan fingerprint density at radius 2 is 1.95 bits per heavy atom. The number of amides is 1. The number of carbonyl (C=O) groups is 1. The van der Waals surface area contributed by atoms with Crippen molar-refractivity contribution in [2.24, 2.45) is 10.9 Å². The summed E-state index contributed by atoms with van der Waals surface area (Å²) < 4.78 is 5.23. The lowest BCUT2D eigenvalue weighted by molar-refractivity contribution is 0.0881. The molecule has 0 spiro atoms. The molecule has 1 aromatic heterocycles. The molecule has 1 saturated carbocycles. The molecule has 0 aromatic carbocycles. The molecule has 1 fully saturated rings. The second kappa shape index (κ2) is 6.65. The molecule has 1 aromatic rings. The third-order valence-corrected chi connectivity index (χ3v) is 4.23. The van der Waals surface area contributed by atoms with Crippen LogP contribution in [0.5, 0.6) is 0 Å². The minimum atomic E-state index is -0.786. The molecule has 0 unspecified atom stereocenters. The molecule has 1 heterocycles. The maximum Gasteiger partial charge on any atom is 0.288 e. The van der Waals surface area contributed by atoms with Crippen LogP contribution < -0.4 is 11.1 Å². The van der Waals surface area contributed by atoms with Crippen molar-refractivity contribution < 1.29 is 14.4 Å². The van der Waals surface area contributed by atoms with Crippen molar-refractivity contribution in [2.75, 3.05) is 0 Å². The van der Waals surface area contributed by atoms with E-state index in [4.69, 9.17) is 15.4 Å². The van der Waals surface area contributed by atoms with Gasteiger partial charge in [0, 0.05) is 5.56 Å². The summed E-state index contributed by atoms with van der Waals surface area (Å²) in [4.78, 5) is 12.4. The predicted molar refractivity (Wildman–Crippen MR) is 79.4 cm³/mol. The summed E-state index contributed by atoms with van der Waals surface area (Å²) in [5.41, 5.74) is 5.88. The average Bonchev–Trinajstić information content (AvgIpc) is 2.87. The van der Waals surface area contributed by atoms with Crippen LogP contribution in [0.25, 0.3) is 0 Å². The van der Waals surface area contributed by atoms with Gasteiger partial charge >= 0.3 is 0 Å². The van der Waals surface area contributed by atoms with Crippen molar-refractivity contribution in [3.63, 3.8) is 0 Å². The molecule has 6 nitrogen and oxygen atoms in total. The average molecular weight is 293 g/mol. The third-order valence-electron chi connectivity index (χ3n) is 4.23. The van der Waals surface area contributed by atoms with Crippen LogP contribution in [0.1, 0.15) is 61.1 Å². The van der Waals surface area contributed by atoms with Crippen LogP contribution in [-0.4, -0.2) is 22.5 Å². The van der Waals surface area contributed by atoms with E-state index in [0.29, 0.717) is 12.8 Å². The van der Waals surface area contributed by atoms with Gasteiger partial charge in [0.2, 0.25) is 0 Å². The van der Waals surface area contributed by atoms with Crippen molar-refractivity contribution in [1.29, 1.82) is 0 Å². The molecule has 0 atom stereocenters. The Morgan fingerprint density at radius 1 is 1.33 bits per heavy atom. The molecule has 0 radical (unpaired) electrons. The van der Waals surface area contributed by atoms with Crippen molar-refractivity contribution in [1.82, 2.24) is 5.32 Å². The first kappa shape index (κ1) is 15.4. The van der Waals surface area contributed by atoms with Gasteiger partial charge < -0.3 is 20.7 Å². The van der Waals surface area contributed by atoms with Crippen LogP contribution in [0.2, 0.25) is 0 Å². The van der Waals surface area contributed by atoms with Crippen molar-refractivity contribution in [3.8, 4) is 0 Å². The Hall–Kier alpha value is -1.98. The number of hydrogen-bond donors (Lipinski definition) is 3. The summed E-state index contributed by atoms with van der Waals surface area (Å²) in [6.45, 7) is 1.81. The number of hydrogen-bond acceptors (Lipinski definition) is 4. The Labute approximate surface area is 124 Å². The molecule has 4 N–H and O–H groups in total. The predicted octanol–water partition coefficient (Wildman–Crippen LogP) is 2.55. The standard InChI is InChI=1S/C15H23N3O3/c1-11-7-10-21-12(11)13(19)17-15(14(16)18-20)8-5-3-2-4-6-9-15/h7,10,20H,2-6,8-9H2,1H3,(H2,16,18)(H,17,19). The summed E-state index contributed by atoms with van der Waals surface area (Å²) in [5, 5.41) is 15.2. The number of furan rings is 1. The van der Waals surface area contributed by atoms with E-state index < -0.39 is 5.54 Å². The molecule has 116 valence electrons. The van der Waals surface area contributed by atoms with Crippen LogP contribution >= 0.6 is 0 Å². The first-order chi connectivity index (χ1) is 10.1. The Kier molecular flexibility index (Phi) is 4.88. The van der Waals surface area contributed by atoms with Crippen LogP contribution in [0.4, 0.5) is 0 Å². The molecule has 1 amide bonds. The molecule has 1 aliphatic rings. The van der Waals surface area contributed by atoms with Crippen LogP contribution in [0, 0.1) is 6.92 Å². The molecule has 0 saturated heterocycles. The lowest BCUT2D eigenvalue weighted by atomic mass is 9.82. The molecule has 0 aliphatic heterocycles. The highest BCUT2D eigenvalue weighted by Crippen LogP contribution is 2.27. The van der Waals surface area contributed by atoms with Crippen molar-refractivity contribution in [3.05, 3.63) is 23.7 Å². The summed E-state index contributed by atoms with van der Waals surface area (Å²) in [5.74, 6) is 0.0359. The van der Waals surface area contributed by atoms with Gasteiger partial charge in [-0.3, -0.25) is 4.79 Å². The van der Waals surface area contributed by atoms with Gasteiger partial charge in [0.25, 0.3) is 5.91 Å². The molecular weight excluding hydrogens is 270 g/mol. The summed E-state index contributed by atoms with van der Waals surface area (Å²) >= 11 is 0. The number of amidine groups is 1. The smallest absolute Gasteiger partial charge is 0.288 e. The fourth-order valence-electron chi connectivity index (χ4n) is 2.93. The van der Waals surface area contributed by atoms with Gasteiger partial charge in [0.15, 0.2) is 11.6 Å². The molecule has 21 heavy (non-hydrogen) atoms. The second-order valence-electron chi connectivity index (χ2n) is 5.72. The highest BCUT2D eigenvalue weighted by Gasteiger charge is 2.37. The maximum absolute atomic E-state index is 12.4. The molecular formula is C15H23N3O3. The van der Waals surface area contributed by atoms with Gasteiger partial charge in [-0.15, -0.1) is 0 Å². The Bertz CT molecular complexity index is 514. The van der Waals surface area contributed by atoms with E-state index in [1.165, 1.54) is 12.7 Å². The largest absolute Gasteiger partial charge is 0.459 e. The fraction of sp³-hybridized carbons (Fsp3) is 0.600. The van der Waals surface area contributed by atoms with E-state index in [9.17, 15) is 4.79 Å². The van der Waals surface area contributed by atoms with Gasteiger partial charge in [-0.25, -0.2) is 0 Å². The first-order valence-electron chi connectivity index (χ1n) is 7.44. The summed E-state index contributed by atoms with van der Waals surface area (Å²) in [6, 6.07) is 1.74. The van der Waals surface area contributed by atoms with Crippen molar-refractivity contribution >= 4 is 11.7 Å². The summed E-state index contributed by atoms with van der Waals surface area (Å²) in [6.07, 6.45) is 8.09. The number of nitrogens with two attached hydrogens (primary N) is 1. The third kappa shape index (κ3) is 3.37. The number of aryl methyl sites for hydroxylation is 1. The topological polar surface area (TPSA) is 101 Å². The lowest BCUT2D eigenvalue weighted by Gasteiger charge is -2.34. The first-order valence-corrected chi connectivity index (χ1v) is 7.44. The highest BCUT2D eigenvalue weighted by atomic mass is 16.4. The van der Waals surface area contributed by atoms with E-state index in [0.717, 1.165) is 31.2 Å². The van der Waals surface area contributed by atoms with Gasteiger partial charge in [-0.2, -0.15) is 0 Å². The second-order valence-corrected chi connectivity index (χ2v) is 5.72. The van der Waals surface area contributed by atoms with E-state index in [-0.39, 0.29) is 17.5 Å². The molecule has 6 heteroatoms. The monoisotopic (exact) mass is 293 g/mol. The van der Waals surface area contributed by atoms with Gasteiger partial charge in [0.1, 0.15) is 5.54 Å². The lowest BCUT2D eigenvalue weighted by Crippen LogP contribution is -2.57. The van der Waals surface area contributed by atoms with Gasteiger partial charge in [0.05, 0.1) is 6.26 Å². The molecule has 2 rings (SSSR count). The van der Waals surface area contributed by atoms with Crippen LogP contribution in [0.15, 0.2) is 21.9 Å². The van der Waals surface area contributed by atoms with Crippen LogP contribution in [-0.2, 0) is 0 Å². The van der Waals surface area contributed by atoms with E-state index >= 15 is 0 Å². The minimum absolute atomic E-state index is 0.0713. The zero-order valence-electron chi connectivity index (χ0n) is 12.4. The Morgan fingerprint density at radius 3 is 2.48 bits per heavy atom. The number of oxime groups is 1. The fourth-order valence-corrected chi connectivity index (χ4v) is 2.93. The number of nitrogens with zero attached hydrogens (tertiary/aromatic N) is 1. The van der Waals surface area contributed by atoms with Crippen molar-refractivity contribution in [2.45, 2.75) is 57.4 Å². The minimum Gasteiger partial charge on any atom is -0.459 e. The van der Waals surface area contributed by atoms with Gasteiger partial charge in [-0.1, -0.05) is 37.3 Å². The van der Waals surface area contributed by atoms with Crippen LogP contribution in [0.3, 0.4) is 0 Å². The molecule has 1 aliphatic carbocycles. The normalized spacial score (nSPS) is 19.6. The molecule has 0 bridgehead atoms. The highest BCUT2D eigenvalue weighted by molar-refractivity contribution is 5.99. The zero-order valence-corrected chi connectivity index (χ0v) is 12.4. The van der Waals surface area contributed by atoms with E-state index in [1.54, 1.807) is 6.07 Å². The number of rotatable bonds is 3. The Balaban J connectivity index is 2.23. The maximum atomic E-state index is 12.4. The SMILES string of the molecule is Cc1ccoc1C(=O)NC1(/C(N)=N/O)CCCCCCC1. The van der Waals surface area contributed by atoms with E-state index in [1.807, 2.05) is 6.92 Å². The quantitative estimate of drug-likeness (QED) is 0.345. The summed E-state index contributed by atoms with van der Waals surface area (Å²) in [7, 11) is 0. The number of nitrogens with one attached hydrogen (secondary N) is 1. The number of carbonyl (C=O) groups excluding carboxylic acids is 1. The van der Waals surface area contributed by atoms with E-state index in [2.05, 4.69) is 10.5 Å². The van der Waals surface area contributed by atoms with Gasteiger partial charge in [-0.05, 0) is 25.8 Å². The zero-order chi connectivity index (χ0) is 15.3.